The van der Waals surface area contributed by atoms with Gasteiger partial charge in [-0.05, 0) is 31.7 Å². The zero-order valence-electron chi connectivity index (χ0n) is 8.79. The topological polar surface area (TPSA) is 64.3 Å². The van der Waals surface area contributed by atoms with Gasteiger partial charge in [0, 0.05) is 13.2 Å². The van der Waals surface area contributed by atoms with Crippen LogP contribution in [0, 0.1) is 5.92 Å². The van der Waals surface area contributed by atoms with Crippen LogP contribution < -0.4 is 11.1 Å². The Hall–Kier alpha value is -0.610. The quantitative estimate of drug-likeness (QED) is 0.553. The van der Waals surface area contributed by atoms with E-state index in [0.29, 0.717) is 13.0 Å². The molecule has 1 fully saturated rings. The van der Waals surface area contributed by atoms with Crippen molar-refractivity contribution in [3.63, 3.8) is 0 Å². The van der Waals surface area contributed by atoms with Gasteiger partial charge < -0.3 is 15.8 Å². The maximum absolute atomic E-state index is 10.9. The van der Waals surface area contributed by atoms with Crippen LogP contribution in [0.25, 0.3) is 0 Å². The lowest BCUT2D eigenvalue weighted by molar-refractivity contribution is -0.120. The first-order chi connectivity index (χ1) is 6.74. The number of primary amides is 1. The van der Waals surface area contributed by atoms with Crippen molar-refractivity contribution in [3.05, 3.63) is 0 Å². The van der Waals surface area contributed by atoms with Crippen molar-refractivity contribution in [1.29, 1.82) is 0 Å². The number of hydrogen-bond acceptors (Lipinski definition) is 3. The number of nitrogens with one attached hydrogen (secondary N) is 1. The summed E-state index contributed by atoms with van der Waals surface area (Å²) in [6, 6.07) is -0.237. The maximum atomic E-state index is 10.9. The molecule has 0 aromatic rings. The molecule has 0 heterocycles. The van der Waals surface area contributed by atoms with Gasteiger partial charge in [-0.1, -0.05) is 6.92 Å². The van der Waals surface area contributed by atoms with Crippen LogP contribution in [0.15, 0.2) is 0 Å². The zero-order valence-corrected chi connectivity index (χ0v) is 8.79. The molecule has 0 saturated heterocycles. The van der Waals surface area contributed by atoms with Gasteiger partial charge in [0.1, 0.15) is 0 Å². The molecule has 1 aliphatic rings. The van der Waals surface area contributed by atoms with Gasteiger partial charge in [0.25, 0.3) is 0 Å². The Morgan fingerprint density at radius 3 is 2.86 bits per heavy atom. The number of carbonyl (C=O) groups is 1. The highest BCUT2D eigenvalue weighted by Gasteiger charge is 2.21. The third-order valence-corrected chi connectivity index (χ3v) is 2.40. The second-order valence-corrected chi connectivity index (χ2v) is 3.82. The second kappa shape index (κ2) is 5.98. The molecule has 1 rings (SSSR count). The molecule has 0 aromatic carbocycles. The molecule has 0 radical (unpaired) electrons. The monoisotopic (exact) mass is 200 g/mol. The highest BCUT2D eigenvalue weighted by Crippen LogP contribution is 2.28. The predicted molar refractivity (Wildman–Crippen MR) is 54.8 cm³/mol. The van der Waals surface area contributed by atoms with Gasteiger partial charge in [-0.3, -0.25) is 4.79 Å². The first-order valence-electron chi connectivity index (χ1n) is 5.34. The highest BCUT2D eigenvalue weighted by molar-refractivity contribution is 5.79. The second-order valence-electron chi connectivity index (χ2n) is 3.82. The number of likely N-dealkylation sites (N-methyl/N-ethyl adjacent to an activating group) is 1. The van der Waals surface area contributed by atoms with Crippen LogP contribution in [0.5, 0.6) is 0 Å². The number of rotatable bonds is 8. The predicted octanol–water partition coefficient (Wildman–Crippen LogP) is 0.267. The van der Waals surface area contributed by atoms with Gasteiger partial charge >= 0.3 is 0 Å². The van der Waals surface area contributed by atoms with Crippen molar-refractivity contribution in [2.75, 3.05) is 19.8 Å². The van der Waals surface area contributed by atoms with Gasteiger partial charge in [-0.25, -0.2) is 0 Å². The number of carbonyl (C=O) groups excluding carboxylic acids is 1. The van der Waals surface area contributed by atoms with Gasteiger partial charge in [0.2, 0.25) is 5.91 Å². The van der Waals surface area contributed by atoms with E-state index in [1.807, 2.05) is 6.92 Å². The van der Waals surface area contributed by atoms with Crippen molar-refractivity contribution >= 4 is 5.91 Å². The van der Waals surface area contributed by atoms with Crippen LogP contribution >= 0.6 is 0 Å². The standard InChI is InChI=1S/C10H20N2O2/c1-2-12-9(10(11)13)5-6-14-7-8-3-4-8/h8-9,12H,2-7H2,1H3,(H2,11,13). The average Bonchev–Trinajstić information content (AvgIpc) is 2.93. The van der Waals surface area contributed by atoms with Crippen LogP contribution in [0.2, 0.25) is 0 Å². The van der Waals surface area contributed by atoms with E-state index in [0.717, 1.165) is 19.1 Å². The summed E-state index contributed by atoms with van der Waals surface area (Å²) >= 11 is 0. The van der Waals surface area contributed by atoms with Gasteiger partial charge in [0.15, 0.2) is 0 Å². The fourth-order valence-electron chi connectivity index (χ4n) is 1.33. The smallest absolute Gasteiger partial charge is 0.234 e. The molecule has 1 unspecified atom stereocenters. The SMILES string of the molecule is CCNC(CCOCC1CC1)C(N)=O. The maximum Gasteiger partial charge on any atom is 0.234 e. The molecule has 14 heavy (non-hydrogen) atoms. The van der Waals surface area contributed by atoms with Crippen LogP contribution in [-0.4, -0.2) is 31.7 Å². The number of nitrogens with two attached hydrogens (primary N) is 1. The first kappa shape index (κ1) is 11.5. The van der Waals surface area contributed by atoms with Crippen molar-refractivity contribution in [1.82, 2.24) is 5.32 Å². The molecule has 1 atom stereocenters. The Bertz CT molecular complexity index is 181. The molecule has 1 amide bonds. The van der Waals surface area contributed by atoms with Crippen molar-refractivity contribution in [2.45, 2.75) is 32.2 Å². The Kier molecular flexibility index (Phi) is 4.90. The van der Waals surface area contributed by atoms with E-state index >= 15 is 0 Å². The van der Waals surface area contributed by atoms with Crippen LogP contribution in [0.3, 0.4) is 0 Å². The Labute approximate surface area is 85.2 Å². The van der Waals surface area contributed by atoms with E-state index in [9.17, 15) is 4.79 Å². The molecular formula is C10H20N2O2. The first-order valence-corrected chi connectivity index (χ1v) is 5.34. The molecular weight excluding hydrogens is 180 g/mol. The number of hydrogen-bond donors (Lipinski definition) is 2. The summed E-state index contributed by atoms with van der Waals surface area (Å²) in [7, 11) is 0. The van der Waals surface area contributed by atoms with E-state index < -0.39 is 0 Å². The molecule has 0 spiro atoms. The lowest BCUT2D eigenvalue weighted by Crippen LogP contribution is -2.41. The minimum atomic E-state index is -0.290. The van der Waals surface area contributed by atoms with Crippen LogP contribution in [0.4, 0.5) is 0 Å². The van der Waals surface area contributed by atoms with E-state index in [1.165, 1.54) is 12.8 Å². The average molecular weight is 200 g/mol. The molecule has 4 heteroatoms. The minimum Gasteiger partial charge on any atom is -0.381 e. The Morgan fingerprint density at radius 1 is 1.64 bits per heavy atom. The van der Waals surface area contributed by atoms with Crippen molar-refractivity contribution in [2.24, 2.45) is 11.7 Å². The molecule has 4 nitrogen and oxygen atoms in total. The molecule has 0 aliphatic heterocycles. The summed E-state index contributed by atoms with van der Waals surface area (Å²) in [5.74, 6) is 0.489. The normalized spacial score (nSPS) is 18.1. The summed E-state index contributed by atoms with van der Waals surface area (Å²) in [6.45, 7) is 4.19. The van der Waals surface area contributed by atoms with Gasteiger partial charge in [0.05, 0.1) is 6.04 Å². The van der Waals surface area contributed by atoms with E-state index in [1.54, 1.807) is 0 Å². The lowest BCUT2D eigenvalue weighted by Gasteiger charge is -2.13. The molecule has 3 N–H and O–H groups in total. The molecule has 0 aromatic heterocycles. The van der Waals surface area contributed by atoms with Gasteiger partial charge in [-0.15, -0.1) is 0 Å². The Balaban J connectivity index is 2.02. The summed E-state index contributed by atoms with van der Waals surface area (Å²) in [5, 5.41) is 3.03. The molecule has 0 bridgehead atoms. The molecule has 1 saturated carbocycles. The number of amides is 1. The minimum absolute atomic E-state index is 0.237. The summed E-state index contributed by atoms with van der Waals surface area (Å²) in [6.07, 6.45) is 3.27. The highest BCUT2D eigenvalue weighted by atomic mass is 16.5. The lowest BCUT2D eigenvalue weighted by atomic mass is 10.2. The zero-order chi connectivity index (χ0) is 10.4. The fourth-order valence-corrected chi connectivity index (χ4v) is 1.33. The largest absolute Gasteiger partial charge is 0.381 e. The van der Waals surface area contributed by atoms with Crippen LogP contribution in [-0.2, 0) is 9.53 Å². The Morgan fingerprint density at radius 2 is 2.36 bits per heavy atom. The van der Waals surface area contributed by atoms with Crippen molar-refractivity contribution in [3.8, 4) is 0 Å². The third kappa shape index (κ3) is 4.58. The van der Waals surface area contributed by atoms with E-state index in [-0.39, 0.29) is 11.9 Å². The van der Waals surface area contributed by atoms with Crippen LogP contribution in [0.1, 0.15) is 26.2 Å². The van der Waals surface area contributed by atoms with E-state index in [4.69, 9.17) is 10.5 Å². The van der Waals surface area contributed by atoms with Gasteiger partial charge in [-0.2, -0.15) is 0 Å². The number of ether oxygens (including phenoxy) is 1. The van der Waals surface area contributed by atoms with E-state index in [2.05, 4.69) is 5.32 Å². The van der Waals surface area contributed by atoms with Crippen molar-refractivity contribution < 1.29 is 9.53 Å². The third-order valence-electron chi connectivity index (χ3n) is 2.40. The summed E-state index contributed by atoms with van der Waals surface area (Å²) < 4.78 is 5.44. The molecule has 1 aliphatic carbocycles. The fraction of sp³-hybridized carbons (Fsp3) is 0.900. The summed E-state index contributed by atoms with van der Waals surface area (Å²) in [4.78, 5) is 10.9. The summed E-state index contributed by atoms with van der Waals surface area (Å²) in [5.41, 5.74) is 5.22. The molecule has 82 valence electrons.